The molecule has 1 aliphatic heterocycles. The zero-order valence-electron chi connectivity index (χ0n) is 18.6. The molecule has 1 aliphatic rings. The van der Waals surface area contributed by atoms with Crippen molar-refractivity contribution in [2.75, 3.05) is 11.9 Å². The third-order valence-electron chi connectivity index (χ3n) is 6.37. The van der Waals surface area contributed by atoms with E-state index in [4.69, 9.17) is 4.42 Å². The monoisotopic (exact) mass is 464 g/mol. The number of rotatable bonds is 3. The lowest BCUT2D eigenvalue weighted by Crippen LogP contribution is -2.36. The van der Waals surface area contributed by atoms with Gasteiger partial charge in [0.05, 0.1) is 23.5 Å². The van der Waals surface area contributed by atoms with Gasteiger partial charge >= 0.3 is 0 Å². The summed E-state index contributed by atoms with van der Waals surface area (Å²) in [5.41, 5.74) is 4.70. The van der Waals surface area contributed by atoms with Gasteiger partial charge in [0.15, 0.2) is 0 Å². The SMILES string of the molecule is O=C(Nc1ccc2nc[nH]c(=O)c2c1)c1ccc2c(c1)CN(C(=O)c1ccc3occc3c1)CC2. The van der Waals surface area contributed by atoms with Crippen LogP contribution < -0.4 is 10.9 Å². The van der Waals surface area contributed by atoms with Gasteiger partial charge in [-0.1, -0.05) is 6.07 Å². The number of aromatic nitrogens is 2. The minimum Gasteiger partial charge on any atom is -0.464 e. The number of hydrogen-bond donors (Lipinski definition) is 2. The first-order chi connectivity index (χ1) is 17.0. The van der Waals surface area contributed by atoms with Crippen molar-refractivity contribution in [3.63, 3.8) is 0 Å². The predicted molar refractivity (Wildman–Crippen MR) is 131 cm³/mol. The summed E-state index contributed by atoms with van der Waals surface area (Å²) < 4.78 is 5.37. The number of H-pyrrole nitrogens is 1. The number of hydrogen-bond acceptors (Lipinski definition) is 5. The van der Waals surface area contributed by atoms with Crippen LogP contribution in [0, 0.1) is 0 Å². The first kappa shape index (κ1) is 20.9. The van der Waals surface area contributed by atoms with Crippen molar-refractivity contribution < 1.29 is 14.0 Å². The van der Waals surface area contributed by atoms with Crippen molar-refractivity contribution in [1.82, 2.24) is 14.9 Å². The Morgan fingerprint density at radius 2 is 1.86 bits per heavy atom. The first-order valence-electron chi connectivity index (χ1n) is 11.2. The number of nitrogens with one attached hydrogen (secondary N) is 2. The average molecular weight is 464 g/mol. The molecular formula is C27H20N4O4. The van der Waals surface area contributed by atoms with Gasteiger partial charge in [0.2, 0.25) is 0 Å². The Morgan fingerprint density at radius 3 is 2.77 bits per heavy atom. The molecule has 0 saturated heterocycles. The molecule has 3 heterocycles. The lowest BCUT2D eigenvalue weighted by atomic mass is 9.96. The highest BCUT2D eigenvalue weighted by molar-refractivity contribution is 6.05. The van der Waals surface area contributed by atoms with E-state index >= 15 is 0 Å². The average Bonchev–Trinajstić information content (AvgIpc) is 3.36. The Hall–Kier alpha value is -4.72. The summed E-state index contributed by atoms with van der Waals surface area (Å²) in [6.07, 6.45) is 3.67. The Balaban J connectivity index is 1.22. The van der Waals surface area contributed by atoms with Crippen LogP contribution in [0.5, 0.6) is 0 Å². The fourth-order valence-corrected chi connectivity index (χ4v) is 4.50. The van der Waals surface area contributed by atoms with Gasteiger partial charge in [-0.25, -0.2) is 4.98 Å². The normalized spacial score (nSPS) is 13.1. The van der Waals surface area contributed by atoms with E-state index in [2.05, 4.69) is 15.3 Å². The number of anilines is 1. The molecule has 5 aromatic rings. The molecule has 0 fully saturated rings. The van der Waals surface area contributed by atoms with Crippen LogP contribution in [0.3, 0.4) is 0 Å². The Bertz CT molecular complexity index is 1680. The molecule has 172 valence electrons. The highest BCUT2D eigenvalue weighted by atomic mass is 16.3. The molecule has 0 aliphatic carbocycles. The Kier molecular flexibility index (Phi) is 4.92. The first-order valence-corrected chi connectivity index (χ1v) is 11.2. The summed E-state index contributed by atoms with van der Waals surface area (Å²) in [6.45, 7) is 1.04. The summed E-state index contributed by atoms with van der Waals surface area (Å²) in [4.78, 5) is 46.6. The smallest absolute Gasteiger partial charge is 0.258 e. The van der Waals surface area contributed by atoms with Gasteiger partial charge in [0.25, 0.3) is 17.4 Å². The third kappa shape index (κ3) is 3.85. The topological polar surface area (TPSA) is 108 Å². The quantitative estimate of drug-likeness (QED) is 0.418. The summed E-state index contributed by atoms with van der Waals surface area (Å²) in [6, 6.07) is 17.8. The van der Waals surface area contributed by atoms with Crippen LogP contribution in [0.1, 0.15) is 31.8 Å². The zero-order chi connectivity index (χ0) is 23.9. The number of nitrogens with zero attached hydrogens (tertiary/aromatic N) is 2. The highest BCUT2D eigenvalue weighted by Gasteiger charge is 2.23. The van der Waals surface area contributed by atoms with Crippen LogP contribution in [0.25, 0.3) is 21.9 Å². The molecule has 0 unspecified atom stereocenters. The number of aromatic amines is 1. The predicted octanol–water partition coefficient (Wildman–Crippen LogP) is 4.12. The van der Waals surface area contributed by atoms with E-state index in [0.717, 1.165) is 28.5 Å². The van der Waals surface area contributed by atoms with Crippen molar-refractivity contribution in [3.05, 3.63) is 106 Å². The van der Waals surface area contributed by atoms with Gasteiger partial charge in [-0.15, -0.1) is 0 Å². The van der Waals surface area contributed by atoms with Crippen LogP contribution in [0.4, 0.5) is 5.69 Å². The molecule has 6 rings (SSSR count). The van der Waals surface area contributed by atoms with E-state index in [9.17, 15) is 14.4 Å². The van der Waals surface area contributed by atoms with Crippen LogP contribution in [-0.4, -0.2) is 33.2 Å². The molecule has 0 spiro atoms. The van der Waals surface area contributed by atoms with E-state index in [1.54, 1.807) is 47.6 Å². The minimum atomic E-state index is -0.290. The molecule has 2 aromatic heterocycles. The molecule has 8 heteroatoms. The number of carbonyl (C=O) groups excluding carboxylic acids is 2. The molecule has 2 N–H and O–H groups in total. The molecule has 3 aromatic carbocycles. The summed E-state index contributed by atoms with van der Waals surface area (Å²) >= 11 is 0. The van der Waals surface area contributed by atoms with E-state index in [-0.39, 0.29) is 17.4 Å². The lowest BCUT2D eigenvalue weighted by Gasteiger charge is -2.29. The van der Waals surface area contributed by atoms with Gasteiger partial charge in [0.1, 0.15) is 5.58 Å². The standard InChI is InChI=1S/C27H20N4O4/c32-25(30-21-4-5-23-22(13-21)26(33)29-15-28-23)18-2-1-16-7-9-31(14-20(16)12-18)27(34)19-3-6-24-17(11-19)8-10-35-24/h1-6,8,10-13,15H,7,9,14H2,(H,30,32)(H,28,29,33). The number of fused-ring (bicyclic) bond motifs is 3. The van der Waals surface area contributed by atoms with E-state index in [0.29, 0.717) is 40.8 Å². The molecule has 35 heavy (non-hydrogen) atoms. The van der Waals surface area contributed by atoms with Crippen molar-refractivity contribution >= 4 is 39.4 Å². The maximum absolute atomic E-state index is 13.2. The van der Waals surface area contributed by atoms with Crippen LogP contribution >= 0.6 is 0 Å². The fraction of sp³-hybridized carbons (Fsp3) is 0.111. The van der Waals surface area contributed by atoms with Crippen LogP contribution in [-0.2, 0) is 13.0 Å². The van der Waals surface area contributed by atoms with Gasteiger partial charge in [-0.3, -0.25) is 14.4 Å². The molecular weight excluding hydrogens is 444 g/mol. The van der Waals surface area contributed by atoms with Crippen molar-refractivity contribution in [2.24, 2.45) is 0 Å². The number of benzene rings is 3. The van der Waals surface area contributed by atoms with Crippen molar-refractivity contribution in [3.8, 4) is 0 Å². The van der Waals surface area contributed by atoms with Crippen molar-refractivity contribution in [1.29, 1.82) is 0 Å². The maximum atomic E-state index is 13.2. The number of furan rings is 1. The fourth-order valence-electron chi connectivity index (χ4n) is 4.50. The second-order valence-corrected chi connectivity index (χ2v) is 8.55. The maximum Gasteiger partial charge on any atom is 0.258 e. The minimum absolute atomic E-state index is 0.0522. The molecule has 0 bridgehead atoms. The summed E-state index contributed by atoms with van der Waals surface area (Å²) in [5.74, 6) is -0.343. The molecule has 0 atom stereocenters. The molecule has 2 amide bonds. The zero-order valence-corrected chi connectivity index (χ0v) is 18.6. The molecule has 8 nitrogen and oxygen atoms in total. The number of amides is 2. The highest BCUT2D eigenvalue weighted by Crippen LogP contribution is 2.24. The second-order valence-electron chi connectivity index (χ2n) is 8.55. The van der Waals surface area contributed by atoms with Crippen molar-refractivity contribution in [2.45, 2.75) is 13.0 Å². The van der Waals surface area contributed by atoms with Gasteiger partial charge in [-0.05, 0) is 72.1 Å². The van der Waals surface area contributed by atoms with Crippen LogP contribution in [0.15, 0.2) is 82.5 Å². The van der Waals surface area contributed by atoms with Gasteiger partial charge < -0.3 is 19.6 Å². The summed E-state index contributed by atoms with van der Waals surface area (Å²) in [7, 11) is 0. The Morgan fingerprint density at radius 1 is 0.971 bits per heavy atom. The van der Waals surface area contributed by atoms with Gasteiger partial charge in [-0.2, -0.15) is 0 Å². The molecule has 0 radical (unpaired) electrons. The third-order valence-corrected chi connectivity index (χ3v) is 6.37. The van der Waals surface area contributed by atoms with E-state index in [1.165, 1.54) is 6.33 Å². The number of carbonyl (C=O) groups is 2. The van der Waals surface area contributed by atoms with E-state index in [1.807, 2.05) is 24.3 Å². The molecule has 0 saturated carbocycles. The van der Waals surface area contributed by atoms with Crippen LogP contribution in [0.2, 0.25) is 0 Å². The largest absolute Gasteiger partial charge is 0.464 e. The summed E-state index contributed by atoms with van der Waals surface area (Å²) in [5, 5.41) is 4.14. The van der Waals surface area contributed by atoms with E-state index < -0.39 is 0 Å². The Labute approximate surface area is 199 Å². The van der Waals surface area contributed by atoms with Gasteiger partial charge in [0, 0.05) is 35.3 Å². The lowest BCUT2D eigenvalue weighted by molar-refractivity contribution is 0.0735. The second kappa shape index (κ2) is 8.25.